The maximum absolute atomic E-state index is 12.5. The molecule has 0 saturated carbocycles. The highest BCUT2D eigenvalue weighted by atomic mass is 79.9. The number of aryl methyl sites for hydroxylation is 1. The van der Waals surface area contributed by atoms with Crippen LogP contribution in [0.4, 0.5) is 5.69 Å². The molecule has 2 rings (SSSR count). The summed E-state index contributed by atoms with van der Waals surface area (Å²) in [4.78, 5) is 11.7. The molecule has 0 radical (unpaired) electrons. The lowest BCUT2D eigenvalue weighted by Gasteiger charge is -2.12. The molecule has 5 nitrogen and oxygen atoms in total. The molecule has 0 unspecified atom stereocenters. The monoisotopic (exact) mass is 383 g/mol. The molecule has 0 amide bonds. The molecular weight excluding hydrogens is 370 g/mol. The van der Waals surface area contributed by atoms with Gasteiger partial charge >= 0.3 is 5.97 Å². The Morgan fingerprint density at radius 1 is 1.18 bits per heavy atom. The first kappa shape index (κ1) is 16.5. The topological polar surface area (TPSA) is 72.5 Å². The van der Waals surface area contributed by atoms with Crippen LogP contribution in [0.5, 0.6) is 0 Å². The van der Waals surface area contributed by atoms with Crippen molar-refractivity contribution in [2.75, 3.05) is 11.8 Å². The number of sulfonamides is 1. The standard InChI is InChI=1S/C15H14BrNO4S/c1-10-7-8-11(15(18)21-2)9-13(10)17-22(19,20)14-6-4-3-5-12(14)16/h3-9,17H,1-2H3. The minimum atomic E-state index is -3.76. The number of carbonyl (C=O) groups is 1. The van der Waals surface area contributed by atoms with Crippen molar-refractivity contribution >= 4 is 37.6 Å². The molecule has 2 aromatic carbocycles. The summed E-state index contributed by atoms with van der Waals surface area (Å²) >= 11 is 3.22. The largest absolute Gasteiger partial charge is 0.465 e. The zero-order chi connectivity index (χ0) is 16.3. The van der Waals surface area contributed by atoms with E-state index in [1.165, 1.54) is 19.2 Å². The van der Waals surface area contributed by atoms with Crippen molar-refractivity contribution in [3.05, 3.63) is 58.1 Å². The van der Waals surface area contributed by atoms with Gasteiger partial charge in [-0.25, -0.2) is 13.2 Å². The predicted molar refractivity (Wildman–Crippen MR) is 87.5 cm³/mol. The normalized spacial score (nSPS) is 11.0. The Bertz CT molecular complexity index is 818. The van der Waals surface area contributed by atoms with Crippen LogP contribution in [0.2, 0.25) is 0 Å². The van der Waals surface area contributed by atoms with E-state index in [1.807, 2.05) is 0 Å². The lowest BCUT2D eigenvalue weighted by atomic mass is 10.1. The Labute approximate surface area is 137 Å². The van der Waals surface area contributed by atoms with Gasteiger partial charge in [0.25, 0.3) is 10.0 Å². The molecule has 2 aromatic rings. The molecule has 0 bridgehead atoms. The number of hydrogen-bond donors (Lipinski definition) is 1. The van der Waals surface area contributed by atoms with Crippen molar-refractivity contribution in [1.29, 1.82) is 0 Å². The smallest absolute Gasteiger partial charge is 0.337 e. The van der Waals surface area contributed by atoms with E-state index in [-0.39, 0.29) is 10.5 Å². The molecule has 7 heteroatoms. The first-order valence-corrected chi connectivity index (χ1v) is 8.59. The van der Waals surface area contributed by atoms with Crippen molar-refractivity contribution in [3.8, 4) is 0 Å². The van der Waals surface area contributed by atoms with E-state index in [1.54, 1.807) is 37.3 Å². The maximum atomic E-state index is 12.5. The van der Waals surface area contributed by atoms with E-state index < -0.39 is 16.0 Å². The second kappa shape index (κ2) is 6.50. The van der Waals surface area contributed by atoms with Gasteiger partial charge in [-0.3, -0.25) is 4.72 Å². The van der Waals surface area contributed by atoms with Gasteiger partial charge in [-0.2, -0.15) is 0 Å². The molecule has 22 heavy (non-hydrogen) atoms. The average Bonchev–Trinajstić information content (AvgIpc) is 2.48. The lowest BCUT2D eigenvalue weighted by Crippen LogP contribution is -2.15. The van der Waals surface area contributed by atoms with Crippen molar-refractivity contribution in [1.82, 2.24) is 0 Å². The number of benzene rings is 2. The number of halogens is 1. The van der Waals surface area contributed by atoms with Crippen LogP contribution >= 0.6 is 15.9 Å². The van der Waals surface area contributed by atoms with Gasteiger partial charge in [0.1, 0.15) is 4.90 Å². The summed E-state index contributed by atoms with van der Waals surface area (Å²) < 4.78 is 32.5. The van der Waals surface area contributed by atoms with Gasteiger partial charge in [0.15, 0.2) is 0 Å². The number of methoxy groups -OCH3 is 1. The van der Waals surface area contributed by atoms with Crippen molar-refractivity contribution < 1.29 is 17.9 Å². The van der Waals surface area contributed by atoms with Crippen LogP contribution in [0.25, 0.3) is 0 Å². The molecule has 0 heterocycles. The second-order valence-corrected chi connectivity index (χ2v) is 7.06. The number of nitrogens with one attached hydrogen (secondary N) is 1. The van der Waals surface area contributed by atoms with Crippen LogP contribution in [0.3, 0.4) is 0 Å². The van der Waals surface area contributed by atoms with Crippen LogP contribution in [-0.4, -0.2) is 21.5 Å². The summed E-state index contributed by atoms with van der Waals surface area (Å²) in [5, 5.41) is 0. The third kappa shape index (κ3) is 3.48. The van der Waals surface area contributed by atoms with Crippen molar-refractivity contribution in [3.63, 3.8) is 0 Å². The summed E-state index contributed by atoms with van der Waals surface area (Å²) in [6.07, 6.45) is 0. The fourth-order valence-electron chi connectivity index (χ4n) is 1.84. The van der Waals surface area contributed by atoms with Gasteiger partial charge in [-0.05, 0) is 52.7 Å². The quantitative estimate of drug-likeness (QED) is 0.821. The van der Waals surface area contributed by atoms with Gasteiger partial charge in [0, 0.05) is 4.47 Å². The first-order valence-electron chi connectivity index (χ1n) is 6.31. The molecule has 0 aromatic heterocycles. The Morgan fingerprint density at radius 3 is 2.50 bits per heavy atom. The Balaban J connectivity index is 2.42. The predicted octanol–water partition coefficient (Wildman–Crippen LogP) is 3.34. The van der Waals surface area contributed by atoms with Crippen LogP contribution in [0.1, 0.15) is 15.9 Å². The Kier molecular flexibility index (Phi) is 4.87. The molecule has 0 saturated heterocycles. The van der Waals surface area contributed by atoms with Crippen LogP contribution in [0.15, 0.2) is 51.8 Å². The highest BCUT2D eigenvalue weighted by molar-refractivity contribution is 9.10. The summed E-state index contributed by atoms with van der Waals surface area (Å²) in [5.41, 5.74) is 1.31. The average molecular weight is 384 g/mol. The van der Waals surface area contributed by atoms with Crippen molar-refractivity contribution in [2.45, 2.75) is 11.8 Å². The first-order chi connectivity index (χ1) is 10.3. The fraction of sp³-hybridized carbons (Fsp3) is 0.133. The molecule has 1 N–H and O–H groups in total. The van der Waals surface area contributed by atoms with E-state index in [2.05, 4.69) is 25.4 Å². The number of ether oxygens (including phenoxy) is 1. The van der Waals surface area contributed by atoms with Gasteiger partial charge < -0.3 is 4.74 Å². The zero-order valence-corrected chi connectivity index (χ0v) is 14.4. The molecule has 0 aliphatic heterocycles. The van der Waals surface area contributed by atoms with Crippen LogP contribution in [-0.2, 0) is 14.8 Å². The molecule has 0 aliphatic rings. The zero-order valence-electron chi connectivity index (χ0n) is 12.0. The van der Waals surface area contributed by atoms with E-state index in [0.29, 0.717) is 15.7 Å². The summed E-state index contributed by atoms with van der Waals surface area (Å²) in [6, 6.07) is 11.2. The second-order valence-electron chi connectivity index (χ2n) is 4.56. The third-order valence-corrected chi connectivity index (χ3v) is 5.41. The molecule has 0 fully saturated rings. The van der Waals surface area contributed by atoms with Gasteiger partial charge in [-0.15, -0.1) is 0 Å². The molecular formula is C15H14BrNO4S. The highest BCUT2D eigenvalue weighted by Gasteiger charge is 2.19. The number of hydrogen-bond acceptors (Lipinski definition) is 4. The van der Waals surface area contributed by atoms with E-state index in [0.717, 1.165) is 0 Å². The van der Waals surface area contributed by atoms with Gasteiger partial charge in [0.05, 0.1) is 18.4 Å². The number of esters is 1. The Hall–Kier alpha value is -1.86. The maximum Gasteiger partial charge on any atom is 0.337 e. The SMILES string of the molecule is COC(=O)c1ccc(C)c(NS(=O)(=O)c2ccccc2Br)c1. The van der Waals surface area contributed by atoms with E-state index in [9.17, 15) is 13.2 Å². The summed E-state index contributed by atoms with van der Waals surface area (Å²) in [6.45, 7) is 1.75. The Morgan fingerprint density at radius 2 is 1.86 bits per heavy atom. The lowest BCUT2D eigenvalue weighted by molar-refractivity contribution is 0.0601. The van der Waals surface area contributed by atoms with Gasteiger partial charge in [-0.1, -0.05) is 18.2 Å². The van der Waals surface area contributed by atoms with Crippen LogP contribution in [0, 0.1) is 6.92 Å². The van der Waals surface area contributed by atoms with Gasteiger partial charge in [0.2, 0.25) is 0 Å². The highest BCUT2D eigenvalue weighted by Crippen LogP contribution is 2.26. The molecule has 0 aliphatic carbocycles. The van der Waals surface area contributed by atoms with Crippen molar-refractivity contribution in [2.24, 2.45) is 0 Å². The minimum absolute atomic E-state index is 0.123. The number of anilines is 1. The molecule has 116 valence electrons. The van der Waals surface area contributed by atoms with E-state index in [4.69, 9.17) is 0 Å². The fourth-order valence-corrected chi connectivity index (χ4v) is 3.97. The number of carbonyl (C=O) groups excluding carboxylic acids is 1. The summed E-state index contributed by atoms with van der Waals surface area (Å²) in [5.74, 6) is -0.527. The molecule has 0 spiro atoms. The summed E-state index contributed by atoms with van der Waals surface area (Å²) in [7, 11) is -2.49. The number of rotatable bonds is 4. The molecule has 0 atom stereocenters. The van der Waals surface area contributed by atoms with E-state index >= 15 is 0 Å². The third-order valence-electron chi connectivity index (χ3n) is 3.03. The minimum Gasteiger partial charge on any atom is -0.465 e. The van der Waals surface area contributed by atoms with Crippen LogP contribution < -0.4 is 4.72 Å².